The number of nitrogens with zero attached hydrogens (tertiary/aromatic N) is 2. The molecule has 108 valence electrons. The fraction of sp³-hybridized carbons (Fsp3) is 0.267. The number of ketones is 1. The van der Waals surface area contributed by atoms with Crippen molar-refractivity contribution in [1.82, 2.24) is 9.97 Å². The van der Waals surface area contributed by atoms with Crippen molar-refractivity contribution in [3.05, 3.63) is 41.2 Å². The first-order valence-electron chi connectivity index (χ1n) is 6.60. The van der Waals surface area contributed by atoms with Crippen LogP contribution in [-0.4, -0.2) is 22.5 Å². The van der Waals surface area contributed by atoms with Gasteiger partial charge in [-0.2, -0.15) is 0 Å². The number of anilines is 1. The van der Waals surface area contributed by atoms with Gasteiger partial charge in [-0.1, -0.05) is 6.07 Å². The number of hydrogen-bond acceptors (Lipinski definition) is 6. The highest BCUT2D eigenvalue weighted by molar-refractivity contribution is 5.94. The van der Waals surface area contributed by atoms with E-state index in [0.717, 1.165) is 17.1 Å². The second-order valence-corrected chi connectivity index (χ2v) is 4.79. The van der Waals surface area contributed by atoms with Crippen LogP contribution in [-0.2, 0) is 6.54 Å². The fourth-order valence-electron chi connectivity index (χ4n) is 2.13. The van der Waals surface area contributed by atoms with Crippen LogP contribution in [0.2, 0.25) is 0 Å². The first-order valence-corrected chi connectivity index (χ1v) is 6.60. The third-order valence-corrected chi connectivity index (χ3v) is 3.25. The van der Waals surface area contributed by atoms with Crippen LogP contribution in [0, 0.1) is 6.92 Å². The summed E-state index contributed by atoms with van der Waals surface area (Å²) in [5, 5.41) is 3.13. The molecule has 6 nitrogen and oxygen atoms in total. The average Bonchev–Trinajstić information content (AvgIpc) is 2.92. The molecule has 21 heavy (non-hydrogen) atoms. The molecule has 0 saturated carbocycles. The number of rotatable bonds is 4. The van der Waals surface area contributed by atoms with Crippen LogP contribution in [0.5, 0.6) is 11.5 Å². The molecule has 1 aromatic carbocycles. The number of ether oxygens (including phenoxy) is 2. The van der Waals surface area contributed by atoms with Gasteiger partial charge in [-0.3, -0.25) is 4.79 Å². The summed E-state index contributed by atoms with van der Waals surface area (Å²) >= 11 is 0. The van der Waals surface area contributed by atoms with Crippen LogP contribution in [0.1, 0.15) is 28.5 Å². The molecule has 0 fully saturated rings. The normalized spacial score (nSPS) is 12.3. The van der Waals surface area contributed by atoms with Gasteiger partial charge < -0.3 is 14.8 Å². The van der Waals surface area contributed by atoms with Crippen molar-refractivity contribution in [2.45, 2.75) is 20.4 Å². The van der Waals surface area contributed by atoms with Crippen molar-refractivity contribution in [2.75, 3.05) is 12.1 Å². The third-order valence-electron chi connectivity index (χ3n) is 3.25. The maximum absolute atomic E-state index is 11.3. The summed E-state index contributed by atoms with van der Waals surface area (Å²) in [7, 11) is 0. The highest BCUT2D eigenvalue weighted by Gasteiger charge is 2.13. The molecule has 0 radical (unpaired) electrons. The lowest BCUT2D eigenvalue weighted by atomic mass is 10.2. The molecule has 0 amide bonds. The molecule has 0 atom stereocenters. The van der Waals surface area contributed by atoms with Crippen molar-refractivity contribution in [3.63, 3.8) is 0 Å². The lowest BCUT2D eigenvalue weighted by molar-refractivity contribution is 0.101. The Balaban J connectivity index is 1.70. The molecule has 2 heterocycles. The predicted octanol–water partition coefficient (Wildman–Crippen LogP) is 2.33. The predicted molar refractivity (Wildman–Crippen MR) is 76.7 cm³/mol. The van der Waals surface area contributed by atoms with Gasteiger partial charge in [-0.25, -0.2) is 9.97 Å². The number of nitrogens with one attached hydrogen (secondary N) is 1. The minimum absolute atomic E-state index is 0.0326. The zero-order chi connectivity index (χ0) is 14.8. The van der Waals surface area contributed by atoms with Gasteiger partial charge in [0.15, 0.2) is 17.3 Å². The summed E-state index contributed by atoms with van der Waals surface area (Å²) in [5.41, 5.74) is 2.26. The van der Waals surface area contributed by atoms with Gasteiger partial charge in [0.2, 0.25) is 12.7 Å². The van der Waals surface area contributed by atoms with E-state index < -0.39 is 0 Å². The molecule has 1 aliphatic heterocycles. The third kappa shape index (κ3) is 2.79. The number of aryl methyl sites for hydroxylation is 1. The molecule has 0 aliphatic carbocycles. The van der Waals surface area contributed by atoms with Crippen LogP contribution < -0.4 is 14.8 Å². The van der Waals surface area contributed by atoms with Crippen molar-refractivity contribution >= 4 is 11.7 Å². The van der Waals surface area contributed by atoms with E-state index in [1.807, 2.05) is 18.2 Å². The van der Waals surface area contributed by atoms with Gasteiger partial charge in [0.1, 0.15) is 0 Å². The first kappa shape index (κ1) is 13.4. The molecular formula is C15H15N3O3. The van der Waals surface area contributed by atoms with Gasteiger partial charge in [0, 0.05) is 12.7 Å². The van der Waals surface area contributed by atoms with E-state index in [4.69, 9.17) is 9.47 Å². The van der Waals surface area contributed by atoms with Crippen LogP contribution >= 0.6 is 0 Å². The second kappa shape index (κ2) is 5.40. The van der Waals surface area contributed by atoms with Crippen LogP contribution in [0.4, 0.5) is 5.95 Å². The van der Waals surface area contributed by atoms with Crippen molar-refractivity contribution in [1.29, 1.82) is 0 Å². The molecule has 1 aliphatic rings. The molecule has 2 aromatic rings. The zero-order valence-electron chi connectivity index (χ0n) is 11.8. The topological polar surface area (TPSA) is 73.3 Å². The van der Waals surface area contributed by atoms with Gasteiger partial charge in [0.05, 0.1) is 11.3 Å². The number of carbonyl (C=O) groups excluding carboxylic acids is 1. The smallest absolute Gasteiger partial charge is 0.231 e. The quantitative estimate of drug-likeness (QED) is 0.869. The SMILES string of the molecule is CC(=O)c1cnc(NCc2ccc3c(c2)OCO3)nc1C. The van der Waals surface area contributed by atoms with E-state index >= 15 is 0 Å². The van der Waals surface area contributed by atoms with Crippen LogP contribution in [0.3, 0.4) is 0 Å². The Bertz CT molecular complexity index is 701. The lowest BCUT2D eigenvalue weighted by Gasteiger charge is -2.07. The monoisotopic (exact) mass is 285 g/mol. The summed E-state index contributed by atoms with van der Waals surface area (Å²) in [6, 6.07) is 5.76. The number of benzene rings is 1. The second-order valence-electron chi connectivity index (χ2n) is 4.79. The molecule has 0 saturated heterocycles. The summed E-state index contributed by atoms with van der Waals surface area (Å²) in [5.74, 6) is 1.97. The maximum atomic E-state index is 11.3. The Kier molecular flexibility index (Phi) is 3.43. The molecule has 0 spiro atoms. The Morgan fingerprint density at radius 3 is 2.90 bits per heavy atom. The van der Waals surface area contributed by atoms with E-state index in [-0.39, 0.29) is 12.6 Å². The van der Waals surface area contributed by atoms with E-state index in [1.54, 1.807) is 13.1 Å². The molecular weight excluding hydrogens is 270 g/mol. The van der Waals surface area contributed by atoms with Crippen molar-refractivity contribution in [2.24, 2.45) is 0 Å². The molecule has 1 N–H and O–H groups in total. The van der Waals surface area contributed by atoms with Gasteiger partial charge >= 0.3 is 0 Å². The minimum Gasteiger partial charge on any atom is -0.454 e. The van der Waals surface area contributed by atoms with E-state index in [2.05, 4.69) is 15.3 Å². The number of hydrogen-bond donors (Lipinski definition) is 1. The fourth-order valence-corrected chi connectivity index (χ4v) is 2.13. The highest BCUT2D eigenvalue weighted by Crippen LogP contribution is 2.32. The minimum atomic E-state index is -0.0326. The zero-order valence-corrected chi connectivity index (χ0v) is 11.8. The van der Waals surface area contributed by atoms with Gasteiger partial charge in [-0.15, -0.1) is 0 Å². The highest BCUT2D eigenvalue weighted by atomic mass is 16.7. The van der Waals surface area contributed by atoms with Crippen molar-refractivity contribution in [3.8, 4) is 11.5 Å². The van der Waals surface area contributed by atoms with Crippen molar-refractivity contribution < 1.29 is 14.3 Å². The van der Waals surface area contributed by atoms with Crippen LogP contribution in [0.15, 0.2) is 24.4 Å². The average molecular weight is 285 g/mol. The van der Waals surface area contributed by atoms with Gasteiger partial charge in [0.25, 0.3) is 0 Å². The number of fused-ring (bicyclic) bond motifs is 1. The van der Waals surface area contributed by atoms with Gasteiger partial charge in [-0.05, 0) is 31.5 Å². The molecule has 1 aromatic heterocycles. The Morgan fingerprint density at radius 1 is 1.33 bits per heavy atom. The summed E-state index contributed by atoms with van der Waals surface area (Å²) in [4.78, 5) is 19.8. The molecule has 0 bridgehead atoms. The Morgan fingerprint density at radius 2 is 2.14 bits per heavy atom. The standard InChI is InChI=1S/C15H15N3O3/c1-9-12(10(2)19)7-17-15(18-9)16-6-11-3-4-13-14(5-11)21-8-20-13/h3-5,7H,6,8H2,1-2H3,(H,16,17,18). The number of carbonyl (C=O) groups is 1. The van der Waals surface area contributed by atoms with E-state index in [1.165, 1.54) is 6.92 Å². The lowest BCUT2D eigenvalue weighted by Crippen LogP contribution is -2.07. The van der Waals surface area contributed by atoms with Crippen LogP contribution in [0.25, 0.3) is 0 Å². The Hall–Kier alpha value is -2.63. The number of aromatic nitrogens is 2. The van der Waals surface area contributed by atoms with E-state index in [9.17, 15) is 4.79 Å². The summed E-state index contributed by atoms with van der Waals surface area (Å²) < 4.78 is 10.6. The largest absolute Gasteiger partial charge is 0.454 e. The molecule has 3 rings (SSSR count). The summed E-state index contributed by atoms with van der Waals surface area (Å²) in [6.45, 7) is 4.13. The summed E-state index contributed by atoms with van der Waals surface area (Å²) in [6.07, 6.45) is 1.55. The Labute approximate surface area is 122 Å². The molecule has 6 heteroatoms. The maximum Gasteiger partial charge on any atom is 0.231 e. The van der Waals surface area contributed by atoms with E-state index in [0.29, 0.717) is 23.8 Å². The number of Topliss-reactive ketones (excluding diaryl/α,β-unsaturated/α-hetero) is 1. The molecule has 0 unspecified atom stereocenters. The first-order chi connectivity index (χ1) is 10.1.